The molecule has 0 saturated heterocycles. The lowest BCUT2D eigenvalue weighted by Crippen LogP contribution is -2.36. The van der Waals surface area contributed by atoms with Crippen molar-refractivity contribution in [3.63, 3.8) is 0 Å². The normalized spacial score (nSPS) is 13.1. The Kier molecular flexibility index (Phi) is 6.30. The first kappa shape index (κ1) is 17.9. The van der Waals surface area contributed by atoms with E-state index in [2.05, 4.69) is 15.3 Å². The van der Waals surface area contributed by atoms with Crippen LogP contribution in [0.25, 0.3) is 0 Å². The van der Waals surface area contributed by atoms with E-state index in [-0.39, 0.29) is 29.8 Å². The predicted molar refractivity (Wildman–Crippen MR) is 87.1 cm³/mol. The minimum Gasteiger partial charge on any atom is -0.445 e. The van der Waals surface area contributed by atoms with Crippen molar-refractivity contribution < 1.29 is 19.7 Å². The number of carbonyl (C=O) groups is 1. The Morgan fingerprint density at radius 1 is 1.33 bits per heavy atom. The molecule has 24 heavy (non-hydrogen) atoms. The van der Waals surface area contributed by atoms with Crippen LogP contribution in [-0.2, 0) is 11.3 Å². The molecule has 1 amide bonds. The van der Waals surface area contributed by atoms with E-state index in [1.165, 1.54) is 6.20 Å². The highest BCUT2D eigenvalue weighted by atomic mass is 35.5. The van der Waals surface area contributed by atoms with Crippen LogP contribution in [0.2, 0.25) is 5.15 Å². The van der Waals surface area contributed by atoms with Crippen LogP contribution in [0.1, 0.15) is 17.4 Å². The molecule has 1 aromatic heterocycles. The van der Waals surface area contributed by atoms with Crippen LogP contribution in [0.4, 0.5) is 10.6 Å². The molecule has 2 aromatic rings. The van der Waals surface area contributed by atoms with E-state index in [0.717, 1.165) is 5.56 Å². The van der Waals surface area contributed by atoms with Gasteiger partial charge in [-0.3, -0.25) is 0 Å². The molecule has 0 aliphatic carbocycles. The summed E-state index contributed by atoms with van der Waals surface area (Å²) in [5, 5.41) is 22.2. The monoisotopic (exact) mass is 352 g/mol. The maximum absolute atomic E-state index is 11.6. The highest BCUT2D eigenvalue weighted by Crippen LogP contribution is 2.19. The molecule has 0 radical (unpaired) electrons. The van der Waals surface area contributed by atoms with Gasteiger partial charge in [0.25, 0.3) is 0 Å². The Morgan fingerprint density at radius 3 is 2.71 bits per heavy atom. The fourth-order valence-corrected chi connectivity index (χ4v) is 1.95. The summed E-state index contributed by atoms with van der Waals surface area (Å²) in [7, 11) is 0. The lowest BCUT2D eigenvalue weighted by atomic mass is 10.1. The van der Waals surface area contributed by atoms with Gasteiger partial charge in [-0.05, 0) is 5.56 Å². The van der Waals surface area contributed by atoms with Crippen molar-refractivity contribution in [1.29, 1.82) is 0 Å². The third kappa shape index (κ3) is 5.05. The van der Waals surface area contributed by atoms with E-state index in [9.17, 15) is 15.0 Å². The van der Waals surface area contributed by atoms with Crippen LogP contribution in [0.5, 0.6) is 0 Å². The van der Waals surface area contributed by atoms with Gasteiger partial charge in [-0.2, -0.15) is 0 Å². The van der Waals surface area contributed by atoms with Crippen molar-refractivity contribution >= 4 is 23.5 Å². The summed E-state index contributed by atoms with van der Waals surface area (Å²) >= 11 is 5.71. The van der Waals surface area contributed by atoms with Crippen molar-refractivity contribution in [3.05, 3.63) is 52.9 Å². The second-order valence-corrected chi connectivity index (χ2v) is 5.28. The first-order valence-corrected chi connectivity index (χ1v) is 7.43. The molecule has 5 N–H and O–H groups in total. The molecule has 1 heterocycles. The van der Waals surface area contributed by atoms with E-state index < -0.39 is 18.3 Å². The standard InChI is InChI=1S/C15H17ClN4O4/c16-13-14(17)18-6-10(20-13)12(22)11(21)7-19-15(23)24-8-9-4-2-1-3-5-9/h1-6,11-12,21-22H,7-8H2,(H2,17,18)(H,19,23). The lowest BCUT2D eigenvalue weighted by Gasteiger charge is -2.18. The minimum absolute atomic E-state index is 0.0183. The number of halogens is 1. The lowest BCUT2D eigenvalue weighted by molar-refractivity contribution is 0.0157. The molecule has 0 bridgehead atoms. The van der Waals surface area contributed by atoms with Crippen LogP contribution < -0.4 is 11.1 Å². The molecule has 1 aromatic carbocycles. The number of ether oxygens (including phenoxy) is 1. The third-order valence-electron chi connectivity index (χ3n) is 3.11. The summed E-state index contributed by atoms with van der Waals surface area (Å²) in [5.41, 5.74) is 6.30. The fraction of sp³-hybridized carbons (Fsp3) is 0.267. The molecular formula is C15H17ClN4O4. The third-order valence-corrected chi connectivity index (χ3v) is 3.39. The van der Waals surface area contributed by atoms with Crippen LogP contribution in [0, 0.1) is 0 Å². The zero-order chi connectivity index (χ0) is 17.5. The van der Waals surface area contributed by atoms with E-state index >= 15 is 0 Å². The number of aromatic nitrogens is 2. The Hall–Kier alpha value is -2.42. The molecule has 2 rings (SSSR count). The highest BCUT2D eigenvalue weighted by molar-refractivity contribution is 6.31. The smallest absolute Gasteiger partial charge is 0.407 e. The number of rotatable bonds is 6. The second kappa shape index (κ2) is 8.44. The van der Waals surface area contributed by atoms with Crippen LogP contribution >= 0.6 is 11.6 Å². The van der Waals surface area contributed by atoms with Gasteiger partial charge in [-0.1, -0.05) is 41.9 Å². The molecule has 0 saturated carbocycles. The zero-order valence-corrected chi connectivity index (χ0v) is 13.3. The number of amides is 1. The van der Waals surface area contributed by atoms with Gasteiger partial charge in [0.15, 0.2) is 11.0 Å². The fourth-order valence-electron chi connectivity index (χ4n) is 1.80. The first-order chi connectivity index (χ1) is 11.5. The van der Waals surface area contributed by atoms with Gasteiger partial charge in [-0.15, -0.1) is 0 Å². The van der Waals surface area contributed by atoms with Gasteiger partial charge < -0.3 is 26.0 Å². The maximum atomic E-state index is 11.6. The van der Waals surface area contributed by atoms with E-state index in [1.807, 2.05) is 30.3 Å². The largest absolute Gasteiger partial charge is 0.445 e. The Balaban J connectivity index is 1.80. The van der Waals surface area contributed by atoms with Crippen molar-refractivity contribution in [3.8, 4) is 0 Å². The minimum atomic E-state index is -1.38. The number of hydrogen-bond acceptors (Lipinski definition) is 7. The summed E-state index contributed by atoms with van der Waals surface area (Å²) in [6.07, 6.45) is -2.22. The number of benzene rings is 1. The molecule has 0 spiro atoms. The van der Waals surface area contributed by atoms with Gasteiger partial charge in [-0.25, -0.2) is 14.8 Å². The highest BCUT2D eigenvalue weighted by Gasteiger charge is 2.22. The number of aliphatic hydroxyl groups is 2. The number of alkyl carbamates (subject to hydrolysis) is 1. The average molecular weight is 353 g/mol. The quantitative estimate of drug-likeness (QED) is 0.610. The molecular weight excluding hydrogens is 336 g/mol. The summed E-state index contributed by atoms with van der Waals surface area (Å²) in [5.74, 6) is 0.0183. The maximum Gasteiger partial charge on any atom is 0.407 e. The van der Waals surface area contributed by atoms with E-state index in [0.29, 0.717) is 0 Å². The molecule has 8 nitrogen and oxygen atoms in total. The van der Waals surface area contributed by atoms with Crippen LogP contribution in [0.15, 0.2) is 36.5 Å². The summed E-state index contributed by atoms with van der Waals surface area (Å²) in [6, 6.07) is 9.14. The number of nitrogens with zero attached hydrogens (tertiary/aromatic N) is 2. The molecule has 9 heteroatoms. The molecule has 2 atom stereocenters. The average Bonchev–Trinajstić information content (AvgIpc) is 2.60. The molecule has 0 fully saturated rings. The SMILES string of the molecule is Nc1ncc(C(O)C(O)CNC(=O)OCc2ccccc2)nc1Cl. The topological polar surface area (TPSA) is 131 Å². The Labute approximate surface area is 143 Å². The number of nitrogen functional groups attached to an aromatic ring is 1. The van der Waals surface area contributed by atoms with Crippen molar-refractivity contribution in [2.45, 2.75) is 18.8 Å². The number of hydrogen-bond donors (Lipinski definition) is 4. The Bertz CT molecular complexity index is 686. The summed E-state index contributed by atoms with van der Waals surface area (Å²) < 4.78 is 4.99. The summed E-state index contributed by atoms with van der Waals surface area (Å²) in [6.45, 7) is -0.136. The van der Waals surface area contributed by atoms with E-state index in [1.54, 1.807) is 0 Å². The van der Waals surface area contributed by atoms with Gasteiger partial charge in [0.1, 0.15) is 18.8 Å². The van der Waals surface area contributed by atoms with Gasteiger partial charge >= 0.3 is 6.09 Å². The number of aliphatic hydroxyl groups excluding tert-OH is 2. The van der Waals surface area contributed by atoms with Crippen molar-refractivity contribution in [2.24, 2.45) is 0 Å². The molecule has 0 aliphatic heterocycles. The van der Waals surface area contributed by atoms with Crippen LogP contribution in [-0.4, -0.2) is 38.9 Å². The van der Waals surface area contributed by atoms with E-state index in [4.69, 9.17) is 22.1 Å². The summed E-state index contributed by atoms with van der Waals surface area (Å²) in [4.78, 5) is 19.1. The van der Waals surface area contributed by atoms with Crippen molar-refractivity contribution in [1.82, 2.24) is 15.3 Å². The predicted octanol–water partition coefficient (Wildman–Crippen LogP) is 1.03. The van der Waals surface area contributed by atoms with Crippen LogP contribution in [0.3, 0.4) is 0 Å². The van der Waals surface area contributed by atoms with Crippen molar-refractivity contribution in [2.75, 3.05) is 12.3 Å². The number of carbonyl (C=O) groups excluding carboxylic acids is 1. The zero-order valence-electron chi connectivity index (χ0n) is 12.6. The Morgan fingerprint density at radius 2 is 2.04 bits per heavy atom. The van der Waals surface area contributed by atoms with Gasteiger partial charge in [0.05, 0.1) is 11.9 Å². The number of nitrogens with two attached hydrogens (primary N) is 1. The number of nitrogens with one attached hydrogen (secondary N) is 1. The molecule has 128 valence electrons. The van der Waals surface area contributed by atoms with Gasteiger partial charge in [0.2, 0.25) is 0 Å². The molecule has 0 aliphatic rings. The van der Waals surface area contributed by atoms with Gasteiger partial charge in [0, 0.05) is 6.54 Å². The first-order valence-electron chi connectivity index (χ1n) is 7.06. The number of anilines is 1. The second-order valence-electron chi connectivity index (χ2n) is 4.93. The molecule has 2 unspecified atom stereocenters.